The van der Waals surface area contributed by atoms with E-state index >= 15 is 0 Å². The fraction of sp³-hybridized carbons (Fsp3) is 0.867. The molecule has 124 valence electrons. The van der Waals surface area contributed by atoms with Crippen LogP contribution in [0.2, 0.25) is 0 Å². The van der Waals surface area contributed by atoms with Crippen LogP contribution in [0.5, 0.6) is 0 Å². The van der Waals surface area contributed by atoms with E-state index in [1.807, 2.05) is 13.8 Å². The summed E-state index contributed by atoms with van der Waals surface area (Å²) in [6, 6.07) is 0.183. The molecule has 3 N–H and O–H groups in total. The second-order valence-corrected chi connectivity index (χ2v) is 5.22. The van der Waals surface area contributed by atoms with Gasteiger partial charge in [-0.15, -0.1) is 0 Å². The van der Waals surface area contributed by atoms with Gasteiger partial charge in [-0.05, 0) is 26.7 Å². The van der Waals surface area contributed by atoms with Gasteiger partial charge in [-0.25, -0.2) is 0 Å². The average Bonchev–Trinajstić information content (AvgIpc) is 2.43. The van der Waals surface area contributed by atoms with Gasteiger partial charge in [0, 0.05) is 45.8 Å². The number of nitrogens with zero attached hydrogens (tertiary/aromatic N) is 1. The summed E-state index contributed by atoms with van der Waals surface area (Å²) in [6.45, 7) is 9.05. The lowest BCUT2D eigenvalue weighted by molar-refractivity contribution is -0.121. The van der Waals surface area contributed by atoms with Gasteiger partial charge in [-0.1, -0.05) is 13.3 Å². The van der Waals surface area contributed by atoms with Crippen molar-refractivity contribution < 1.29 is 9.53 Å². The third-order valence-electron chi connectivity index (χ3n) is 2.72. The van der Waals surface area contributed by atoms with Crippen molar-refractivity contribution in [1.82, 2.24) is 16.0 Å². The van der Waals surface area contributed by atoms with Crippen molar-refractivity contribution >= 4 is 11.9 Å². The zero-order valence-electron chi connectivity index (χ0n) is 14.0. The van der Waals surface area contributed by atoms with Crippen LogP contribution in [0, 0.1) is 0 Å². The molecule has 0 saturated carbocycles. The van der Waals surface area contributed by atoms with Crippen molar-refractivity contribution in [2.24, 2.45) is 4.99 Å². The zero-order chi connectivity index (χ0) is 15.9. The predicted molar refractivity (Wildman–Crippen MR) is 87.6 cm³/mol. The second kappa shape index (κ2) is 13.7. The first-order valence-corrected chi connectivity index (χ1v) is 7.91. The topological polar surface area (TPSA) is 74.8 Å². The van der Waals surface area contributed by atoms with Gasteiger partial charge in [0.1, 0.15) is 0 Å². The van der Waals surface area contributed by atoms with Crippen LogP contribution in [0.25, 0.3) is 0 Å². The molecule has 0 saturated heterocycles. The standard InChI is InChI=1S/C15H32N4O2/c1-5-6-11-21-12-7-9-17-15(16-4)18-10-8-14(20)19-13(2)3/h13H,5-12H2,1-4H3,(H,19,20)(H2,16,17,18). The van der Waals surface area contributed by atoms with E-state index in [0.29, 0.717) is 13.0 Å². The third kappa shape index (κ3) is 13.4. The van der Waals surface area contributed by atoms with Gasteiger partial charge in [-0.3, -0.25) is 9.79 Å². The second-order valence-electron chi connectivity index (χ2n) is 5.22. The molecule has 21 heavy (non-hydrogen) atoms. The Bertz CT molecular complexity index is 293. The summed E-state index contributed by atoms with van der Waals surface area (Å²) >= 11 is 0. The van der Waals surface area contributed by atoms with E-state index in [2.05, 4.69) is 27.9 Å². The summed E-state index contributed by atoms with van der Waals surface area (Å²) in [5.41, 5.74) is 0. The highest BCUT2D eigenvalue weighted by atomic mass is 16.5. The lowest BCUT2D eigenvalue weighted by Gasteiger charge is -2.12. The Kier molecular flexibility index (Phi) is 12.8. The van der Waals surface area contributed by atoms with Crippen LogP contribution in [0.4, 0.5) is 0 Å². The maximum atomic E-state index is 11.5. The first kappa shape index (κ1) is 19.7. The number of hydrogen-bond donors (Lipinski definition) is 3. The van der Waals surface area contributed by atoms with Crippen molar-refractivity contribution in [2.75, 3.05) is 33.4 Å². The van der Waals surface area contributed by atoms with Gasteiger partial charge < -0.3 is 20.7 Å². The number of aliphatic imine (C=N–C) groups is 1. The minimum Gasteiger partial charge on any atom is -0.381 e. The minimum atomic E-state index is 0.0530. The summed E-state index contributed by atoms with van der Waals surface area (Å²) in [5.74, 6) is 0.776. The van der Waals surface area contributed by atoms with Crippen molar-refractivity contribution in [3.8, 4) is 0 Å². The van der Waals surface area contributed by atoms with Crippen LogP contribution in [-0.2, 0) is 9.53 Å². The average molecular weight is 300 g/mol. The lowest BCUT2D eigenvalue weighted by Crippen LogP contribution is -2.40. The van der Waals surface area contributed by atoms with E-state index in [1.54, 1.807) is 7.05 Å². The Morgan fingerprint density at radius 3 is 2.43 bits per heavy atom. The third-order valence-corrected chi connectivity index (χ3v) is 2.72. The van der Waals surface area contributed by atoms with Crippen molar-refractivity contribution in [3.63, 3.8) is 0 Å². The number of amides is 1. The number of nitrogens with one attached hydrogen (secondary N) is 3. The molecule has 0 aliphatic carbocycles. The Hall–Kier alpha value is -1.30. The minimum absolute atomic E-state index is 0.0530. The highest BCUT2D eigenvalue weighted by molar-refractivity contribution is 5.81. The van der Waals surface area contributed by atoms with Crippen LogP contribution in [-0.4, -0.2) is 51.3 Å². The lowest BCUT2D eigenvalue weighted by atomic mass is 10.3. The van der Waals surface area contributed by atoms with Gasteiger partial charge in [0.2, 0.25) is 5.91 Å². The van der Waals surface area contributed by atoms with E-state index in [0.717, 1.165) is 38.6 Å². The molecule has 0 bridgehead atoms. The number of rotatable bonds is 11. The SMILES string of the molecule is CCCCOCCCNC(=NC)NCCC(=O)NC(C)C. The van der Waals surface area contributed by atoms with E-state index in [9.17, 15) is 4.79 Å². The largest absolute Gasteiger partial charge is 0.381 e. The molecule has 0 aromatic carbocycles. The predicted octanol–water partition coefficient (Wildman–Crippen LogP) is 1.27. The molecular weight excluding hydrogens is 268 g/mol. The summed E-state index contributed by atoms with van der Waals surface area (Å²) in [4.78, 5) is 15.6. The highest BCUT2D eigenvalue weighted by Crippen LogP contribution is 1.89. The Morgan fingerprint density at radius 2 is 1.81 bits per heavy atom. The van der Waals surface area contributed by atoms with Gasteiger partial charge in [0.05, 0.1) is 0 Å². The number of ether oxygens (including phenoxy) is 1. The molecule has 6 nitrogen and oxygen atoms in total. The van der Waals surface area contributed by atoms with Crippen molar-refractivity contribution in [2.45, 2.75) is 52.5 Å². The monoisotopic (exact) mass is 300 g/mol. The summed E-state index contributed by atoms with van der Waals surface area (Å²) in [5, 5.41) is 9.18. The molecule has 0 rings (SSSR count). The molecule has 6 heteroatoms. The highest BCUT2D eigenvalue weighted by Gasteiger charge is 2.03. The molecule has 0 spiro atoms. The molecular formula is C15H32N4O2. The van der Waals surface area contributed by atoms with Crippen LogP contribution in [0.15, 0.2) is 4.99 Å². The van der Waals surface area contributed by atoms with Crippen molar-refractivity contribution in [1.29, 1.82) is 0 Å². The van der Waals surface area contributed by atoms with E-state index in [4.69, 9.17) is 4.74 Å². The Morgan fingerprint density at radius 1 is 1.14 bits per heavy atom. The van der Waals surface area contributed by atoms with Crippen LogP contribution < -0.4 is 16.0 Å². The molecule has 0 aliphatic heterocycles. The fourth-order valence-corrected chi connectivity index (χ4v) is 1.64. The van der Waals surface area contributed by atoms with Crippen LogP contribution >= 0.6 is 0 Å². The first-order valence-electron chi connectivity index (χ1n) is 7.91. The van der Waals surface area contributed by atoms with E-state index < -0.39 is 0 Å². The summed E-state index contributed by atoms with van der Waals surface area (Å²) in [6.07, 6.45) is 3.67. The van der Waals surface area contributed by atoms with Gasteiger partial charge in [-0.2, -0.15) is 0 Å². The Balaban J connectivity index is 3.57. The maximum absolute atomic E-state index is 11.5. The Labute approximate surface area is 129 Å². The van der Waals surface area contributed by atoms with E-state index in [1.165, 1.54) is 6.42 Å². The normalized spacial score (nSPS) is 11.6. The van der Waals surface area contributed by atoms with Crippen LogP contribution in [0.1, 0.15) is 46.5 Å². The van der Waals surface area contributed by atoms with Crippen LogP contribution in [0.3, 0.4) is 0 Å². The molecule has 0 atom stereocenters. The number of carbonyl (C=O) groups is 1. The number of carbonyl (C=O) groups excluding carboxylic acids is 1. The quantitative estimate of drug-likeness (QED) is 0.305. The smallest absolute Gasteiger partial charge is 0.221 e. The molecule has 0 heterocycles. The zero-order valence-corrected chi connectivity index (χ0v) is 14.0. The van der Waals surface area contributed by atoms with Gasteiger partial charge in [0.15, 0.2) is 5.96 Å². The molecule has 0 fully saturated rings. The van der Waals surface area contributed by atoms with Crippen molar-refractivity contribution in [3.05, 3.63) is 0 Å². The first-order chi connectivity index (χ1) is 10.1. The molecule has 0 radical (unpaired) electrons. The number of hydrogen-bond acceptors (Lipinski definition) is 3. The molecule has 0 aromatic rings. The number of unbranched alkanes of at least 4 members (excludes halogenated alkanes) is 1. The molecule has 0 unspecified atom stereocenters. The molecule has 0 aromatic heterocycles. The van der Waals surface area contributed by atoms with Gasteiger partial charge in [0.25, 0.3) is 0 Å². The molecule has 1 amide bonds. The molecule has 0 aliphatic rings. The number of guanidine groups is 1. The van der Waals surface area contributed by atoms with E-state index in [-0.39, 0.29) is 11.9 Å². The maximum Gasteiger partial charge on any atom is 0.221 e. The fourth-order valence-electron chi connectivity index (χ4n) is 1.64. The van der Waals surface area contributed by atoms with Gasteiger partial charge >= 0.3 is 0 Å². The summed E-state index contributed by atoms with van der Waals surface area (Å²) in [7, 11) is 1.72. The summed E-state index contributed by atoms with van der Waals surface area (Å²) < 4.78 is 5.49.